The van der Waals surface area contributed by atoms with Gasteiger partial charge in [-0.25, -0.2) is 19.3 Å². The smallest absolute Gasteiger partial charge is 0.196 e. The van der Waals surface area contributed by atoms with Gasteiger partial charge in [-0.2, -0.15) is 0 Å². The van der Waals surface area contributed by atoms with Crippen LogP contribution in [0.15, 0.2) is 69.7 Å². The van der Waals surface area contributed by atoms with Crippen LogP contribution in [-0.4, -0.2) is 45.8 Å². The fraction of sp³-hybridized carbons (Fsp3) is 0.308. The Kier molecular flexibility index (Phi) is 7.24. The number of nitrogens with zero attached hydrogens (tertiary/aromatic N) is 4. The van der Waals surface area contributed by atoms with Crippen LogP contribution < -0.4 is 10.6 Å². The highest BCUT2D eigenvalue weighted by molar-refractivity contribution is 5.84. The first-order chi connectivity index (χ1) is 17.2. The summed E-state index contributed by atoms with van der Waals surface area (Å²) >= 11 is 0. The molecule has 0 spiro atoms. The molecule has 0 amide bonds. The average Bonchev–Trinajstić information content (AvgIpc) is 3.51. The number of H-pyrrole nitrogens is 1. The van der Waals surface area contributed by atoms with Gasteiger partial charge >= 0.3 is 0 Å². The number of pyridine rings is 1. The summed E-state index contributed by atoms with van der Waals surface area (Å²) in [4.78, 5) is 21.0. The molecule has 0 unspecified atom stereocenters. The maximum atomic E-state index is 13.9. The number of fused-ring (bicyclic) bond motifs is 1. The number of hydrogen-bond acceptors (Lipinski definition) is 7. The lowest BCUT2D eigenvalue weighted by Gasteiger charge is -2.10. The Hall–Kier alpha value is -3.85. The zero-order valence-corrected chi connectivity index (χ0v) is 19.4. The van der Waals surface area contributed by atoms with Crippen LogP contribution >= 0.6 is 0 Å². The molecule has 0 saturated heterocycles. The van der Waals surface area contributed by atoms with Crippen molar-refractivity contribution in [1.82, 2.24) is 25.3 Å². The van der Waals surface area contributed by atoms with Crippen molar-refractivity contribution in [2.45, 2.75) is 32.1 Å². The van der Waals surface area contributed by atoms with E-state index in [-0.39, 0.29) is 12.4 Å². The molecular weight excluding hydrogens is 445 g/mol. The van der Waals surface area contributed by atoms with Gasteiger partial charge in [-0.15, -0.1) is 0 Å². The van der Waals surface area contributed by atoms with Crippen molar-refractivity contribution in [3.63, 3.8) is 0 Å². The number of imidazole rings is 1. The highest BCUT2D eigenvalue weighted by Gasteiger charge is 2.13. The Labute approximate surface area is 202 Å². The molecule has 9 heteroatoms. The van der Waals surface area contributed by atoms with Crippen LogP contribution in [-0.2, 0) is 19.3 Å². The van der Waals surface area contributed by atoms with Gasteiger partial charge in [-0.1, -0.05) is 30.3 Å². The molecule has 0 fully saturated rings. The summed E-state index contributed by atoms with van der Waals surface area (Å²) < 4.78 is 19.8. The number of hydrogen-bond donors (Lipinski definition) is 3. The number of allylic oxidation sites excluding steroid dienone is 1. The van der Waals surface area contributed by atoms with Crippen molar-refractivity contribution in [1.29, 1.82) is 0 Å². The maximum absolute atomic E-state index is 13.9. The molecule has 0 radical (unpaired) electrons. The van der Waals surface area contributed by atoms with Gasteiger partial charge in [0.1, 0.15) is 11.7 Å². The second-order valence-corrected chi connectivity index (χ2v) is 8.44. The SMILES string of the molecule is FC1=C(CNc2nccc3oc(CCNCCc4ncc(Cc5ccccc5)[nH]4)nc23)N=CCC1. The van der Waals surface area contributed by atoms with Crippen molar-refractivity contribution in [2.75, 3.05) is 25.0 Å². The Morgan fingerprint density at radius 3 is 2.83 bits per heavy atom. The number of aromatic nitrogens is 4. The van der Waals surface area contributed by atoms with Crippen LogP contribution in [0.1, 0.15) is 35.8 Å². The molecule has 3 aromatic heterocycles. The third-order valence-corrected chi connectivity index (χ3v) is 5.80. The summed E-state index contributed by atoms with van der Waals surface area (Å²) in [7, 11) is 0. The van der Waals surface area contributed by atoms with Gasteiger partial charge in [0.05, 0.1) is 12.2 Å². The van der Waals surface area contributed by atoms with Crippen LogP contribution in [0.3, 0.4) is 0 Å². The summed E-state index contributed by atoms with van der Waals surface area (Å²) in [6.07, 6.45) is 8.66. The molecule has 4 heterocycles. The second kappa shape index (κ2) is 11.1. The number of halogens is 1. The standard InChI is InChI=1S/C26H28FN7O/c27-20-7-4-11-29-21(20)17-32-26-25-22(8-14-30-26)35-24(34-25)10-13-28-12-9-23-31-16-19(33-23)15-18-5-2-1-3-6-18/h1-3,5-6,8,11,14,16,28H,4,7,9-10,12-13,15,17H2,(H,30,32)(H,31,33). The predicted octanol–water partition coefficient (Wildman–Crippen LogP) is 4.37. The molecule has 1 aliphatic heterocycles. The van der Waals surface area contributed by atoms with E-state index < -0.39 is 0 Å². The van der Waals surface area contributed by atoms with Crippen molar-refractivity contribution in [3.8, 4) is 0 Å². The van der Waals surface area contributed by atoms with Gasteiger partial charge in [-0.3, -0.25) is 4.99 Å². The van der Waals surface area contributed by atoms with E-state index in [9.17, 15) is 4.39 Å². The Morgan fingerprint density at radius 1 is 1.06 bits per heavy atom. The Bertz CT molecular complexity index is 1330. The molecule has 8 nitrogen and oxygen atoms in total. The molecule has 0 aliphatic carbocycles. The first-order valence-corrected chi connectivity index (χ1v) is 11.9. The van der Waals surface area contributed by atoms with Crippen molar-refractivity contribution < 1.29 is 8.81 Å². The van der Waals surface area contributed by atoms with E-state index in [4.69, 9.17) is 4.42 Å². The third kappa shape index (κ3) is 5.99. The lowest BCUT2D eigenvalue weighted by atomic mass is 10.1. The van der Waals surface area contributed by atoms with E-state index in [1.807, 2.05) is 24.4 Å². The number of nitrogens with one attached hydrogen (secondary N) is 3. The molecule has 1 aromatic carbocycles. The molecule has 1 aliphatic rings. The summed E-state index contributed by atoms with van der Waals surface area (Å²) in [6, 6.07) is 12.1. The number of aromatic amines is 1. The zero-order valence-electron chi connectivity index (χ0n) is 19.4. The predicted molar refractivity (Wildman–Crippen MR) is 134 cm³/mol. The van der Waals surface area contributed by atoms with Gasteiger partial charge < -0.3 is 20.0 Å². The monoisotopic (exact) mass is 473 g/mol. The van der Waals surface area contributed by atoms with E-state index in [0.717, 1.165) is 37.4 Å². The average molecular weight is 474 g/mol. The zero-order chi connectivity index (χ0) is 23.9. The fourth-order valence-corrected chi connectivity index (χ4v) is 3.99. The van der Waals surface area contributed by atoms with Gasteiger partial charge in [0.15, 0.2) is 22.8 Å². The topological polar surface area (TPSA) is 104 Å². The highest BCUT2D eigenvalue weighted by atomic mass is 19.1. The Balaban J connectivity index is 1.09. The summed E-state index contributed by atoms with van der Waals surface area (Å²) in [5.74, 6) is 1.99. The molecular formula is C26H28FN7O. The van der Waals surface area contributed by atoms with Gasteiger partial charge in [0, 0.05) is 69.1 Å². The summed E-state index contributed by atoms with van der Waals surface area (Å²) in [5.41, 5.74) is 4.08. The van der Waals surface area contributed by atoms with E-state index in [1.165, 1.54) is 5.56 Å². The number of benzene rings is 1. The van der Waals surface area contributed by atoms with Crippen LogP contribution in [0.5, 0.6) is 0 Å². The lowest BCUT2D eigenvalue weighted by molar-refractivity contribution is 0.514. The van der Waals surface area contributed by atoms with Gasteiger partial charge in [0.2, 0.25) is 0 Å². The van der Waals surface area contributed by atoms with Gasteiger partial charge in [-0.05, 0) is 12.0 Å². The minimum absolute atomic E-state index is 0.180. The maximum Gasteiger partial charge on any atom is 0.196 e. The van der Waals surface area contributed by atoms with Crippen LogP contribution in [0.2, 0.25) is 0 Å². The van der Waals surface area contributed by atoms with Crippen molar-refractivity contribution >= 4 is 23.1 Å². The lowest BCUT2D eigenvalue weighted by Crippen LogP contribution is -2.20. The fourth-order valence-electron chi connectivity index (χ4n) is 3.99. The van der Waals surface area contributed by atoms with E-state index in [2.05, 4.69) is 47.7 Å². The summed E-state index contributed by atoms with van der Waals surface area (Å²) in [5, 5.41) is 6.56. The molecule has 4 aromatic rings. The first-order valence-electron chi connectivity index (χ1n) is 11.9. The van der Waals surface area contributed by atoms with Crippen molar-refractivity contribution in [3.05, 3.63) is 83.3 Å². The molecule has 5 rings (SSSR count). The quantitative estimate of drug-likeness (QED) is 0.280. The van der Waals surface area contributed by atoms with Gasteiger partial charge in [0.25, 0.3) is 0 Å². The number of rotatable bonds is 11. The highest BCUT2D eigenvalue weighted by Crippen LogP contribution is 2.23. The normalized spacial score (nSPS) is 13.6. The van der Waals surface area contributed by atoms with Crippen LogP contribution in [0, 0.1) is 0 Å². The summed E-state index contributed by atoms with van der Waals surface area (Å²) in [6.45, 7) is 1.79. The Morgan fingerprint density at radius 2 is 1.94 bits per heavy atom. The van der Waals surface area contributed by atoms with Crippen molar-refractivity contribution in [2.24, 2.45) is 4.99 Å². The minimum atomic E-state index is -0.180. The van der Waals surface area contributed by atoms with Crippen LogP contribution in [0.4, 0.5) is 10.2 Å². The molecule has 0 bridgehead atoms. The molecule has 0 atom stereocenters. The van der Waals surface area contributed by atoms with E-state index in [1.54, 1.807) is 18.5 Å². The molecule has 0 saturated carbocycles. The molecule has 3 N–H and O–H groups in total. The molecule has 180 valence electrons. The third-order valence-electron chi connectivity index (χ3n) is 5.80. The molecule has 35 heavy (non-hydrogen) atoms. The number of anilines is 1. The second-order valence-electron chi connectivity index (χ2n) is 8.44. The minimum Gasteiger partial charge on any atom is -0.440 e. The van der Waals surface area contributed by atoms with E-state index in [0.29, 0.717) is 47.8 Å². The number of aliphatic imine (C=N–C) groups is 1. The van der Waals surface area contributed by atoms with Crippen LogP contribution in [0.25, 0.3) is 11.1 Å². The van der Waals surface area contributed by atoms with E-state index >= 15 is 0 Å². The largest absolute Gasteiger partial charge is 0.440 e. The first kappa shape index (κ1) is 22.9. The number of oxazole rings is 1.